The number of rotatable bonds is 2. The highest BCUT2D eigenvalue weighted by Gasteiger charge is 2.29. The highest BCUT2D eigenvalue weighted by Crippen LogP contribution is 2.12. The molecule has 5 nitrogen and oxygen atoms in total. The summed E-state index contributed by atoms with van der Waals surface area (Å²) in [6, 6.07) is 5.56. The van der Waals surface area contributed by atoms with Crippen molar-refractivity contribution in [3.05, 3.63) is 29.8 Å². The molecule has 3 amide bonds. The van der Waals surface area contributed by atoms with Gasteiger partial charge in [-0.05, 0) is 17.7 Å². The number of imide groups is 1. The first-order valence-electron chi connectivity index (χ1n) is 4.54. The van der Waals surface area contributed by atoms with Gasteiger partial charge >= 0.3 is 6.03 Å². The van der Waals surface area contributed by atoms with Crippen LogP contribution in [0.3, 0.4) is 0 Å². The third kappa shape index (κ3) is 2.07. The predicted octanol–water partition coefficient (Wildman–Crippen LogP) is 0.143. The van der Waals surface area contributed by atoms with Crippen molar-refractivity contribution in [3.63, 3.8) is 0 Å². The Hall–Kier alpha value is -2.04. The topological polar surface area (TPSA) is 78.4 Å². The minimum Gasteiger partial charge on any atom is -0.508 e. The van der Waals surface area contributed by atoms with E-state index in [9.17, 15) is 9.59 Å². The van der Waals surface area contributed by atoms with Crippen molar-refractivity contribution in [2.45, 2.75) is 12.5 Å². The lowest BCUT2D eigenvalue weighted by molar-refractivity contribution is -0.120. The van der Waals surface area contributed by atoms with Crippen molar-refractivity contribution in [2.75, 3.05) is 0 Å². The fourth-order valence-corrected chi connectivity index (χ4v) is 1.47. The Morgan fingerprint density at radius 1 is 1.20 bits per heavy atom. The van der Waals surface area contributed by atoms with Gasteiger partial charge in [0.25, 0.3) is 5.91 Å². The average molecular weight is 206 g/mol. The highest BCUT2D eigenvalue weighted by molar-refractivity contribution is 6.04. The van der Waals surface area contributed by atoms with Crippen molar-refractivity contribution in [3.8, 4) is 5.75 Å². The normalized spacial score (nSPS) is 19.9. The second-order valence-corrected chi connectivity index (χ2v) is 3.39. The molecule has 5 heteroatoms. The minimum absolute atomic E-state index is 0.179. The Bertz CT molecular complexity index is 400. The number of hydrogen-bond donors (Lipinski definition) is 3. The zero-order valence-corrected chi connectivity index (χ0v) is 7.86. The van der Waals surface area contributed by atoms with E-state index in [-0.39, 0.29) is 11.7 Å². The van der Waals surface area contributed by atoms with Gasteiger partial charge in [0.1, 0.15) is 11.8 Å². The number of aromatic hydroxyl groups is 1. The summed E-state index contributed by atoms with van der Waals surface area (Å²) in [4.78, 5) is 22.0. The fourth-order valence-electron chi connectivity index (χ4n) is 1.47. The fraction of sp³-hybridized carbons (Fsp3) is 0.200. The second-order valence-electron chi connectivity index (χ2n) is 3.39. The van der Waals surface area contributed by atoms with Crippen molar-refractivity contribution in [2.24, 2.45) is 0 Å². The van der Waals surface area contributed by atoms with Crippen LogP contribution in [0.1, 0.15) is 5.56 Å². The molecule has 1 saturated heterocycles. The van der Waals surface area contributed by atoms with Crippen LogP contribution < -0.4 is 10.6 Å². The molecule has 0 radical (unpaired) electrons. The third-order valence-corrected chi connectivity index (χ3v) is 2.23. The molecule has 0 aliphatic carbocycles. The van der Waals surface area contributed by atoms with E-state index in [0.29, 0.717) is 6.42 Å². The van der Waals surface area contributed by atoms with Crippen LogP contribution >= 0.6 is 0 Å². The largest absolute Gasteiger partial charge is 0.508 e. The summed E-state index contributed by atoms with van der Waals surface area (Å²) < 4.78 is 0. The van der Waals surface area contributed by atoms with Gasteiger partial charge in [-0.15, -0.1) is 0 Å². The number of carbonyl (C=O) groups is 2. The summed E-state index contributed by atoms with van der Waals surface area (Å²) in [6.45, 7) is 0. The van der Waals surface area contributed by atoms with Gasteiger partial charge in [0.05, 0.1) is 0 Å². The van der Waals surface area contributed by atoms with Crippen LogP contribution in [0.4, 0.5) is 4.79 Å². The zero-order valence-electron chi connectivity index (χ0n) is 7.86. The summed E-state index contributed by atoms with van der Waals surface area (Å²) in [6.07, 6.45) is 0.428. The summed E-state index contributed by atoms with van der Waals surface area (Å²) >= 11 is 0. The standard InChI is InChI=1S/C10H10N2O3/c13-7-3-1-6(2-4-7)5-8-9(14)12-10(15)11-8/h1-4,8,13H,5H2,(H2,11,12,14,15)/t8-/m1/s1. The zero-order chi connectivity index (χ0) is 10.8. The monoisotopic (exact) mass is 206 g/mol. The summed E-state index contributed by atoms with van der Waals surface area (Å²) in [5.41, 5.74) is 0.884. The Morgan fingerprint density at radius 2 is 1.87 bits per heavy atom. The second kappa shape index (κ2) is 3.61. The van der Waals surface area contributed by atoms with E-state index in [2.05, 4.69) is 10.6 Å². The first-order chi connectivity index (χ1) is 7.15. The molecule has 15 heavy (non-hydrogen) atoms. The van der Waals surface area contributed by atoms with Crippen molar-refractivity contribution < 1.29 is 14.7 Å². The molecule has 1 aliphatic rings. The molecule has 0 saturated carbocycles. The van der Waals surface area contributed by atoms with Gasteiger partial charge < -0.3 is 10.4 Å². The van der Waals surface area contributed by atoms with E-state index >= 15 is 0 Å². The van der Waals surface area contributed by atoms with Gasteiger partial charge in [0, 0.05) is 6.42 Å². The van der Waals surface area contributed by atoms with E-state index in [1.165, 1.54) is 0 Å². The number of benzene rings is 1. The van der Waals surface area contributed by atoms with E-state index in [1.54, 1.807) is 24.3 Å². The maximum atomic E-state index is 11.2. The first-order valence-corrected chi connectivity index (χ1v) is 4.54. The van der Waals surface area contributed by atoms with Gasteiger partial charge in [0.2, 0.25) is 0 Å². The maximum Gasteiger partial charge on any atom is 0.322 e. The molecule has 2 rings (SSSR count). The lowest BCUT2D eigenvalue weighted by atomic mass is 10.1. The number of phenolic OH excluding ortho intramolecular Hbond substituents is 1. The quantitative estimate of drug-likeness (QED) is 0.602. The number of carbonyl (C=O) groups excluding carboxylic acids is 2. The van der Waals surface area contributed by atoms with Crippen molar-refractivity contribution >= 4 is 11.9 Å². The number of nitrogens with one attached hydrogen (secondary N) is 2. The Labute approximate surface area is 86.1 Å². The molecule has 0 bridgehead atoms. The van der Waals surface area contributed by atoms with Gasteiger partial charge in [-0.2, -0.15) is 0 Å². The Morgan fingerprint density at radius 3 is 2.40 bits per heavy atom. The third-order valence-electron chi connectivity index (χ3n) is 2.23. The lowest BCUT2D eigenvalue weighted by Crippen LogP contribution is -2.30. The number of urea groups is 1. The van der Waals surface area contributed by atoms with Crippen LogP contribution in [0.25, 0.3) is 0 Å². The molecular weight excluding hydrogens is 196 g/mol. The molecule has 78 valence electrons. The van der Waals surface area contributed by atoms with Gasteiger partial charge in [-0.25, -0.2) is 4.79 Å². The molecule has 0 spiro atoms. The summed E-state index contributed by atoms with van der Waals surface area (Å²) in [5, 5.41) is 13.7. The van der Waals surface area contributed by atoms with Crippen LogP contribution in [0.2, 0.25) is 0 Å². The van der Waals surface area contributed by atoms with E-state index in [1.807, 2.05) is 0 Å². The molecule has 1 atom stereocenters. The van der Waals surface area contributed by atoms with Crippen LogP contribution in [-0.2, 0) is 11.2 Å². The van der Waals surface area contributed by atoms with Crippen LogP contribution in [0, 0.1) is 0 Å². The molecule has 1 aliphatic heterocycles. The molecular formula is C10H10N2O3. The lowest BCUT2D eigenvalue weighted by Gasteiger charge is -2.06. The van der Waals surface area contributed by atoms with Crippen molar-refractivity contribution in [1.29, 1.82) is 0 Å². The highest BCUT2D eigenvalue weighted by atomic mass is 16.3. The van der Waals surface area contributed by atoms with E-state index in [0.717, 1.165) is 5.56 Å². The Balaban J connectivity index is 2.06. The van der Waals surface area contributed by atoms with Gasteiger partial charge in [-0.3, -0.25) is 10.1 Å². The first kappa shape index (κ1) is 9.51. The molecule has 3 N–H and O–H groups in total. The van der Waals surface area contributed by atoms with Crippen molar-refractivity contribution in [1.82, 2.24) is 10.6 Å². The summed E-state index contributed by atoms with van der Waals surface area (Å²) in [5.74, 6) is -0.133. The molecule has 0 unspecified atom stereocenters. The van der Waals surface area contributed by atoms with E-state index < -0.39 is 12.1 Å². The molecule has 1 aromatic rings. The smallest absolute Gasteiger partial charge is 0.322 e. The maximum absolute atomic E-state index is 11.2. The molecule has 1 heterocycles. The van der Waals surface area contributed by atoms with E-state index in [4.69, 9.17) is 5.11 Å². The van der Waals surface area contributed by atoms with Gasteiger partial charge in [-0.1, -0.05) is 12.1 Å². The van der Waals surface area contributed by atoms with Gasteiger partial charge in [0.15, 0.2) is 0 Å². The molecule has 0 aromatic heterocycles. The summed E-state index contributed by atoms with van der Waals surface area (Å²) in [7, 11) is 0. The SMILES string of the molecule is O=C1NC(=O)[C@@H](Cc2ccc(O)cc2)N1. The Kier molecular flexibility index (Phi) is 2.29. The minimum atomic E-state index is -0.512. The number of amides is 3. The predicted molar refractivity (Wildman–Crippen MR) is 52.3 cm³/mol. The molecule has 1 aromatic carbocycles. The molecule has 1 fully saturated rings. The number of hydrogen-bond acceptors (Lipinski definition) is 3. The number of phenols is 1. The van der Waals surface area contributed by atoms with Crippen LogP contribution in [0.5, 0.6) is 5.75 Å². The van der Waals surface area contributed by atoms with Crippen LogP contribution in [0.15, 0.2) is 24.3 Å². The average Bonchev–Trinajstić information content (AvgIpc) is 2.49. The van der Waals surface area contributed by atoms with Crippen LogP contribution in [-0.4, -0.2) is 23.1 Å².